The molecular formula is C6H7NOS. The Morgan fingerprint density at radius 3 is 3.00 bits per heavy atom. The molecule has 0 radical (unpaired) electrons. The Kier molecular flexibility index (Phi) is 0.913. The van der Waals surface area contributed by atoms with Crippen molar-refractivity contribution in [3.8, 4) is 0 Å². The van der Waals surface area contributed by atoms with Crippen molar-refractivity contribution in [2.75, 3.05) is 5.75 Å². The molecule has 0 N–H and O–H groups in total. The standard InChI is InChI=1S/C6H7NOS/c1-4-3-9-6-2-5(8)7(4)6/h6H,1-3H2/t6-/m1/s1. The number of amides is 1. The highest BCUT2D eigenvalue weighted by molar-refractivity contribution is 8.00. The molecule has 0 aromatic carbocycles. The Bertz CT molecular complexity index is 189. The summed E-state index contributed by atoms with van der Waals surface area (Å²) in [7, 11) is 0. The maximum Gasteiger partial charge on any atom is 0.230 e. The number of fused-ring (bicyclic) bond motifs is 1. The van der Waals surface area contributed by atoms with Gasteiger partial charge in [-0.2, -0.15) is 0 Å². The molecule has 48 valence electrons. The summed E-state index contributed by atoms with van der Waals surface area (Å²) in [5, 5.41) is 0.449. The van der Waals surface area contributed by atoms with Gasteiger partial charge in [-0.1, -0.05) is 6.58 Å². The van der Waals surface area contributed by atoms with E-state index in [0.717, 1.165) is 17.9 Å². The van der Waals surface area contributed by atoms with Gasteiger partial charge in [0, 0.05) is 11.4 Å². The fourth-order valence-electron chi connectivity index (χ4n) is 1.16. The van der Waals surface area contributed by atoms with Crippen LogP contribution >= 0.6 is 11.8 Å². The molecule has 0 aromatic rings. The maximum absolute atomic E-state index is 10.8. The molecule has 2 heterocycles. The Morgan fingerprint density at radius 1 is 1.78 bits per heavy atom. The van der Waals surface area contributed by atoms with Gasteiger partial charge in [0.25, 0.3) is 0 Å². The van der Waals surface area contributed by atoms with Crippen LogP contribution in [0.15, 0.2) is 12.3 Å². The van der Waals surface area contributed by atoms with Crippen LogP contribution in [0.5, 0.6) is 0 Å². The van der Waals surface area contributed by atoms with Crippen molar-refractivity contribution < 1.29 is 4.79 Å². The summed E-state index contributed by atoms with van der Waals surface area (Å²) in [4.78, 5) is 12.6. The van der Waals surface area contributed by atoms with Gasteiger partial charge in [-0.05, 0) is 0 Å². The van der Waals surface area contributed by atoms with Crippen molar-refractivity contribution in [2.45, 2.75) is 11.8 Å². The van der Waals surface area contributed by atoms with E-state index in [1.807, 2.05) is 11.8 Å². The minimum absolute atomic E-state index is 0.245. The van der Waals surface area contributed by atoms with Crippen molar-refractivity contribution >= 4 is 17.7 Å². The maximum atomic E-state index is 10.8. The Morgan fingerprint density at radius 2 is 2.56 bits per heavy atom. The van der Waals surface area contributed by atoms with Gasteiger partial charge in [-0.25, -0.2) is 0 Å². The van der Waals surface area contributed by atoms with E-state index in [2.05, 4.69) is 6.58 Å². The summed E-state index contributed by atoms with van der Waals surface area (Å²) in [5.41, 5.74) is 0.987. The van der Waals surface area contributed by atoms with Crippen LogP contribution < -0.4 is 0 Å². The number of carbonyl (C=O) groups is 1. The molecule has 0 saturated carbocycles. The predicted molar refractivity (Wildman–Crippen MR) is 36.8 cm³/mol. The highest BCUT2D eigenvalue weighted by atomic mass is 32.2. The van der Waals surface area contributed by atoms with Gasteiger partial charge in [0.2, 0.25) is 5.91 Å². The number of rotatable bonds is 0. The normalized spacial score (nSPS) is 32.4. The van der Waals surface area contributed by atoms with Crippen molar-refractivity contribution in [2.24, 2.45) is 0 Å². The van der Waals surface area contributed by atoms with E-state index in [1.165, 1.54) is 0 Å². The highest BCUT2D eigenvalue weighted by Crippen LogP contribution is 2.40. The second-order valence-corrected chi connectivity index (χ2v) is 3.47. The van der Waals surface area contributed by atoms with Crippen LogP contribution in [0.3, 0.4) is 0 Å². The number of nitrogens with zero attached hydrogens (tertiary/aromatic N) is 1. The van der Waals surface area contributed by atoms with E-state index < -0.39 is 0 Å². The third-order valence-electron chi connectivity index (χ3n) is 1.69. The van der Waals surface area contributed by atoms with Crippen molar-refractivity contribution in [1.29, 1.82) is 0 Å². The van der Waals surface area contributed by atoms with Gasteiger partial charge < -0.3 is 4.90 Å². The topological polar surface area (TPSA) is 20.3 Å². The monoisotopic (exact) mass is 141 g/mol. The molecule has 0 spiro atoms. The molecule has 2 saturated heterocycles. The van der Waals surface area contributed by atoms with Crippen LogP contribution in [0.4, 0.5) is 0 Å². The van der Waals surface area contributed by atoms with E-state index in [1.54, 1.807) is 4.90 Å². The molecule has 0 aliphatic carbocycles. The van der Waals surface area contributed by atoms with Crippen LogP contribution in [0.1, 0.15) is 6.42 Å². The fourth-order valence-corrected chi connectivity index (χ4v) is 2.36. The van der Waals surface area contributed by atoms with Crippen molar-refractivity contribution in [3.63, 3.8) is 0 Å². The summed E-state index contributed by atoms with van der Waals surface area (Å²) in [6, 6.07) is 0. The predicted octanol–water partition coefficient (Wildman–Crippen LogP) is 0.805. The first-order chi connectivity index (χ1) is 4.29. The molecule has 0 unspecified atom stereocenters. The Labute approximate surface area is 57.9 Å². The average Bonchev–Trinajstić information content (AvgIpc) is 2.04. The van der Waals surface area contributed by atoms with E-state index in [4.69, 9.17) is 0 Å². The van der Waals surface area contributed by atoms with Gasteiger partial charge in [0.15, 0.2) is 0 Å². The molecule has 2 nitrogen and oxygen atoms in total. The number of carbonyl (C=O) groups excluding carboxylic acids is 1. The Balaban J connectivity index is 2.23. The zero-order chi connectivity index (χ0) is 6.43. The summed E-state index contributed by atoms with van der Waals surface area (Å²) in [6.45, 7) is 3.77. The molecule has 3 heteroatoms. The van der Waals surface area contributed by atoms with Crippen molar-refractivity contribution in [1.82, 2.24) is 4.90 Å². The van der Waals surface area contributed by atoms with Crippen molar-refractivity contribution in [3.05, 3.63) is 12.3 Å². The molecule has 2 fully saturated rings. The number of hydrogen-bond donors (Lipinski definition) is 0. The highest BCUT2D eigenvalue weighted by Gasteiger charge is 2.42. The SMILES string of the molecule is C=C1CS[C@@H]2CC(=O)N12. The van der Waals surface area contributed by atoms with Crippen LogP contribution in [0.2, 0.25) is 0 Å². The molecule has 0 aromatic heterocycles. The molecule has 2 rings (SSSR count). The fraction of sp³-hybridized carbons (Fsp3) is 0.500. The largest absolute Gasteiger partial charge is 0.303 e. The second kappa shape index (κ2) is 1.53. The van der Waals surface area contributed by atoms with E-state index in [0.29, 0.717) is 5.37 Å². The van der Waals surface area contributed by atoms with Crippen LogP contribution in [0, 0.1) is 0 Å². The Hall–Kier alpha value is -0.440. The van der Waals surface area contributed by atoms with Gasteiger partial charge in [0.05, 0.1) is 11.8 Å². The minimum atomic E-state index is 0.245. The van der Waals surface area contributed by atoms with Gasteiger partial charge in [0.1, 0.15) is 0 Å². The first kappa shape index (κ1) is 5.35. The summed E-state index contributed by atoms with van der Waals surface area (Å²) in [5.74, 6) is 1.19. The quantitative estimate of drug-likeness (QED) is 0.465. The molecule has 1 atom stereocenters. The second-order valence-electron chi connectivity index (χ2n) is 2.30. The van der Waals surface area contributed by atoms with Gasteiger partial charge in [-0.3, -0.25) is 4.79 Å². The molecule has 1 amide bonds. The van der Waals surface area contributed by atoms with Gasteiger partial charge >= 0.3 is 0 Å². The van der Waals surface area contributed by atoms with Crippen LogP contribution in [0.25, 0.3) is 0 Å². The van der Waals surface area contributed by atoms with E-state index in [9.17, 15) is 4.79 Å². The molecule has 0 bridgehead atoms. The van der Waals surface area contributed by atoms with E-state index >= 15 is 0 Å². The zero-order valence-corrected chi connectivity index (χ0v) is 5.78. The van der Waals surface area contributed by atoms with Crippen LogP contribution in [-0.4, -0.2) is 21.9 Å². The first-order valence-electron chi connectivity index (χ1n) is 2.90. The number of β-lactam (4-membered cyclic amide) rings is 1. The van der Waals surface area contributed by atoms with Crippen LogP contribution in [-0.2, 0) is 4.79 Å². The summed E-state index contributed by atoms with van der Waals surface area (Å²) < 4.78 is 0. The van der Waals surface area contributed by atoms with E-state index in [-0.39, 0.29) is 5.91 Å². The molecule has 2 aliphatic rings. The first-order valence-corrected chi connectivity index (χ1v) is 3.95. The number of hydrogen-bond acceptors (Lipinski definition) is 2. The lowest BCUT2D eigenvalue weighted by atomic mass is 10.2. The lowest BCUT2D eigenvalue weighted by Gasteiger charge is -2.33. The summed E-state index contributed by atoms with van der Waals surface area (Å²) >= 11 is 1.81. The molecular weight excluding hydrogens is 134 g/mol. The molecule has 9 heavy (non-hydrogen) atoms. The third kappa shape index (κ3) is 0.553. The smallest absolute Gasteiger partial charge is 0.230 e. The minimum Gasteiger partial charge on any atom is -0.303 e. The molecule has 2 aliphatic heterocycles. The van der Waals surface area contributed by atoms with Gasteiger partial charge in [-0.15, -0.1) is 11.8 Å². The zero-order valence-electron chi connectivity index (χ0n) is 4.96. The average molecular weight is 141 g/mol. The number of thioether (sulfide) groups is 1. The lowest BCUT2D eigenvalue weighted by Crippen LogP contribution is -2.45. The lowest BCUT2D eigenvalue weighted by molar-refractivity contribution is -0.137. The third-order valence-corrected chi connectivity index (χ3v) is 2.95. The summed E-state index contributed by atoms with van der Waals surface area (Å²) in [6.07, 6.45) is 0.726.